The highest BCUT2D eigenvalue weighted by molar-refractivity contribution is 4.52. The molecule has 0 aromatic carbocycles. The molecule has 0 fully saturated rings. The second-order valence-electron chi connectivity index (χ2n) is 2.45. The Hall–Kier alpha value is -0.0400. The number of hydrogen-bond acceptors (Lipinski definition) is 1. The van der Waals surface area contributed by atoms with E-state index in [1.165, 1.54) is 12.8 Å². The zero-order valence-electron chi connectivity index (χ0n) is 6.20. The van der Waals surface area contributed by atoms with Crippen molar-refractivity contribution in [1.82, 2.24) is 5.32 Å². The summed E-state index contributed by atoms with van der Waals surface area (Å²) in [6.07, 6.45) is 2.66. The van der Waals surface area contributed by atoms with Crippen LogP contribution in [0.25, 0.3) is 0 Å². The van der Waals surface area contributed by atoms with Crippen molar-refractivity contribution in [3.05, 3.63) is 0 Å². The fraction of sp³-hybridized carbons (Fsp3) is 1.00. The Morgan fingerprint density at radius 1 is 1.50 bits per heavy atom. The summed E-state index contributed by atoms with van der Waals surface area (Å²) in [6, 6.07) is 0. The molecule has 0 saturated carbocycles. The van der Waals surface area contributed by atoms with Crippen LogP contribution in [0.15, 0.2) is 0 Å². The van der Waals surface area contributed by atoms with E-state index in [9.17, 15) is 0 Å². The van der Waals surface area contributed by atoms with Gasteiger partial charge in [0.25, 0.3) is 0 Å². The first-order valence-corrected chi connectivity index (χ1v) is 3.45. The summed E-state index contributed by atoms with van der Waals surface area (Å²) >= 11 is 0. The third kappa shape index (κ3) is 4.13. The lowest BCUT2D eigenvalue weighted by Gasteiger charge is -2.06. The smallest absolute Gasteiger partial charge is 0.00262 e. The lowest BCUT2D eigenvalue weighted by molar-refractivity contribution is 0.498. The van der Waals surface area contributed by atoms with Gasteiger partial charge in [0.1, 0.15) is 0 Å². The standard InChI is InChI=1S/C7H17N/c1-4-5-7(2)6-8-3/h7-8H,4-6H2,1-3H3/t7-/m1/s1. The van der Waals surface area contributed by atoms with Gasteiger partial charge in [0.05, 0.1) is 0 Å². The van der Waals surface area contributed by atoms with E-state index in [4.69, 9.17) is 0 Å². The van der Waals surface area contributed by atoms with Crippen LogP contribution in [0.3, 0.4) is 0 Å². The first kappa shape index (κ1) is 7.96. The molecule has 8 heavy (non-hydrogen) atoms. The molecule has 0 heterocycles. The van der Waals surface area contributed by atoms with Gasteiger partial charge in [-0.25, -0.2) is 0 Å². The van der Waals surface area contributed by atoms with Gasteiger partial charge >= 0.3 is 0 Å². The minimum Gasteiger partial charge on any atom is -0.319 e. The average Bonchev–Trinajstić information content (AvgIpc) is 1.68. The van der Waals surface area contributed by atoms with Crippen molar-refractivity contribution < 1.29 is 0 Å². The van der Waals surface area contributed by atoms with E-state index in [0.717, 1.165) is 12.5 Å². The number of nitrogens with one attached hydrogen (secondary N) is 1. The predicted octanol–water partition coefficient (Wildman–Crippen LogP) is 1.64. The fourth-order valence-corrected chi connectivity index (χ4v) is 0.943. The molecule has 1 nitrogen and oxygen atoms in total. The minimum absolute atomic E-state index is 0.852. The largest absolute Gasteiger partial charge is 0.319 e. The summed E-state index contributed by atoms with van der Waals surface area (Å²) in [4.78, 5) is 0. The molecule has 0 aliphatic heterocycles. The van der Waals surface area contributed by atoms with Crippen molar-refractivity contribution in [3.63, 3.8) is 0 Å². The van der Waals surface area contributed by atoms with Gasteiger partial charge in [0.15, 0.2) is 0 Å². The Labute approximate surface area is 52.5 Å². The van der Waals surface area contributed by atoms with E-state index in [2.05, 4.69) is 19.2 Å². The third-order valence-electron chi connectivity index (χ3n) is 1.33. The zero-order valence-corrected chi connectivity index (χ0v) is 6.20. The van der Waals surface area contributed by atoms with Gasteiger partial charge in [-0.2, -0.15) is 0 Å². The van der Waals surface area contributed by atoms with Gasteiger partial charge in [-0.15, -0.1) is 0 Å². The molecule has 0 aliphatic rings. The molecule has 0 radical (unpaired) electrons. The van der Waals surface area contributed by atoms with Gasteiger partial charge < -0.3 is 5.32 Å². The van der Waals surface area contributed by atoms with E-state index < -0.39 is 0 Å². The van der Waals surface area contributed by atoms with Crippen molar-refractivity contribution in [2.45, 2.75) is 26.7 Å². The van der Waals surface area contributed by atoms with E-state index in [0.29, 0.717) is 0 Å². The van der Waals surface area contributed by atoms with Crippen LogP contribution in [-0.2, 0) is 0 Å². The first-order chi connectivity index (χ1) is 3.81. The van der Waals surface area contributed by atoms with E-state index in [1.54, 1.807) is 0 Å². The molecule has 0 rings (SSSR count). The van der Waals surface area contributed by atoms with E-state index in [-0.39, 0.29) is 0 Å². The monoisotopic (exact) mass is 115 g/mol. The third-order valence-corrected chi connectivity index (χ3v) is 1.33. The van der Waals surface area contributed by atoms with Crippen molar-refractivity contribution in [3.8, 4) is 0 Å². The lowest BCUT2D eigenvalue weighted by Crippen LogP contribution is -2.15. The van der Waals surface area contributed by atoms with Crippen LogP contribution in [0.2, 0.25) is 0 Å². The van der Waals surface area contributed by atoms with Crippen LogP contribution in [0.4, 0.5) is 0 Å². The molecule has 0 saturated heterocycles. The molecule has 50 valence electrons. The van der Waals surface area contributed by atoms with Crippen molar-refractivity contribution in [2.24, 2.45) is 5.92 Å². The second kappa shape index (κ2) is 5.10. The van der Waals surface area contributed by atoms with Crippen LogP contribution < -0.4 is 5.32 Å². The molecule has 1 heteroatoms. The molecule has 0 unspecified atom stereocenters. The maximum absolute atomic E-state index is 3.15. The van der Waals surface area contributed by atoms with Crippen LogP contribution in [0.1, 0.15) is 26.7 Å². The predicted molar refractivity (Wildman–Crippen MR) is 38.0 cm³/mol. The SMILES string of the molecule is CCC[C@@H](C)CNC. The Balaban J connectivity index is 2.92. The molecule has 0 aliphatic carbocycles. The molecule has 0 aromatic heterocycles. The number of hydrogen-bond donors (Lipinski definition) is 1. The topological polar surface area (TPSA) is 12.0 Å². The van der Waals surface area contributed by atoms with Gasteiger partial charge in [0, 0.05) is 0 Å². The Morgan fingerprint density at radius 2 is 2.12 bits per heavy atom. The van der Waals surface area contributed by atoms with Crippen molar-refractivity contribution in [1.29, 1.82) is 0 Å². The lowest BCUT2D eigenvalue weighted by atomic mass is 10.1. The fourth-order valence-electron chi connectivity index (χ4n) is 0.943. The van der Waals surface area contributed by atoms with Gasteiger partial charge in [-0.3, -0.25) is 0 Å². The van der Waals surface area contributed by atoms with Crippen LogP contribution in [0.5, 0.6) is 0 Å². The van der Waals surface area contributed by atoms with Gasteiger partial charge in [-0.1, -0.05) is 20.3 Å². The summed E-state index contributed by atoms with van der Waals surface area (Å²) in [6.45, 7) is 5.67. The number of rotatable bonds is 4. The maximum atomic E-state index is 3.15. The molecule has 0 spiro atoms. The van der Waals surface area contributed by atoms with Crippen LogP contribution in [0, 0.1) is 5.92 Å². The zero-order chi connectivity index (χ0) is 6.41. The van der Waals surface area contributed by atoms with Gasteiger partial charge in [0.2, 0.25) is 0 Å². The summed E-state index contributed by atoms with van der Waals surface area (Å²) in [5, 5.41) is 3.15. The van der Waals surface area contributed by atoms with E-state index >= 15 is 0 Å². The highest BCUT2D eigenvalue weighted by Crippen LogP contribution is 2.01. The summed E-state index contributed by atoms with van der Waals surface area (Å²) in [7, 11) is 2.01. The molecule has 0 amide bonds. The molecule has 1 atom stereocenters. The second-order valence-corrected chi connectivity index (χ2v) is 2.45. The normalized spacial score (nSPS) is 13.9. The summed E-state index contributed by atoms with van der Waals surface area (Å²) in [5.41, 5.74) is 0. The highest BCUT2D eigenvalue weighted by Gasteiger charge is 1.95. The van der Waals surface area contributed by atoms with Gasteiger partial charge in [-0.05, 0) is 25.9 Å². The molecule has 1 N–H and O–H groups in total. The Bertz CT molecular complexity index is 37.7. The quantitative estimate of drug-likeness (QED) is 0.587. The highest BCUT2D eigenvalue weighted by atomic mass is 14.8. The molecule has 0 bridgehead atoms. The van der Waals surface area contributed by atoms with Crippen LogP contribution >= 0.6 is 0 Å². The molecular formula is C7H17N. The summed E-state index contributed by atoms with van der Waals surface area (Å²) in [5.74, 6) is 0.852. The van der Waals surface area contributed by atoms with Crippen LogP contribution in [-0.4, -0.2) is 13.6 Å². The minimum atomic E-state index is 0.852. The molecular weight excluding hydrogens is 98.1 g/mol. The van der Waals surface area contributed by atoms with Crippen molar-refractivity contribution in [2.75, 3.05) is 13.6 Å². The molecule has 0 aromatic rings. The average molecular weight is 115 g/mol. The summed E-state index contributed by atoms with van der Waals surface area (Å²) < 4.78 is 0. The van der Waals surface area contributed by atoms with E-state index in [1.807, 2.05) is 7.05 Å². The Morgan fingerprint density at radius 3 is 2.50 bits per heavy atom. The Kier molecular flexibility index (Phi) is 5.08. The first-order valence-electron chi connectivity index (χ1n) is 3.45. The van der Waals surface area contributed by atoms with Crippen molar-refractivity contribution >= 4 is 0 Å². The maximum Gasteiger partial charge on any atom is -0.00262 e.